The van der Waals surface area contributed by atoms with Gasteiger partial charge < -0.3 is 5.32 Å². The summed E-state index contributed by atoms with van der Waals surface area (Å²) >= 11 is 5.87. The molecule has 0 spiro atoms. The summed E-state index contributed by atoms with van der Waals surface area (Å²) < 4.78 is 0. The van der Waals surface area contributed by atoms with Gasteiger partial charge in [-0.3, -0.25) is 0 Å². The van der Waals surface area contributed by atoms with Crippen LogP contribution >= 0.6 is 11.6 Å². The van der Waals surface area contributed by atoms with Gasteiger partial charge in [-0.2, -0.15) is 0 Å². The van der Waals surface area contributed by atoms with Gasteiger partial charge in [0.25, 0.3) is 0 Å². The fraction of sp³-hybridized carbons (Fsp3) is 0.333. The highest BCUT2D eigenvalue weighted by atomic mass is 35.5. The number of hydrogen-bond donors (Lipinski definition) is 1. The van der Waals surface area contributed by atoms with E-state index in [1.54, 1.807) is 0 Å². The minimum absolute atomic E-state index is 0.453. The van der Waals surface area contributed by atoms with Gasteiger partial charge in [0.05, 0.1) is 5.69 Å². The van der Waals surface area contributed by atoms with Crippen LogP contribution in [0.15, 0.2) is 36.5 Å². The van der Waals surface area contributed by atoms with E-state index >= 15 is 0 Å². The molecule has 0 fully saturated rings. The van der Waals surface area contributed by atoms with E-state index in [1.165, 1.54) is 5.56 Å². The van der Waals surface area contributed by atoms with Crippen molar-refractivity contribution in [3.05, 3.63) is 58.6 Å². The molecule has 0 saturated carbocycles. The molecular weight excluding hydrogens is 258 g/mol. The Bertz CT molecular complexity index is 523. The van der Waals surface area contributed by atoms with Gasteiger partial charge in [-0.25, -0.2) is 9.97 Å². The molecule has 3 nitrogen and oxygen atoms in total. The standard InChI is InChI=1S/C15H18ClN3/c1-11(2)18-10-14-7-8-17-15(19-14)9-12-3-5-13(16)6-4-12/h3-8,11,18H,9-10H2,1-2H3. The molecule has 1 heterocycles. The lowest BCUT2D eigenvalue weighted by atomic mass is 10.1. The first-order valence-corrected chi connectivity index (χ1v) is 6.80. The fourth-order valence-electron chi connectivity index (χ4n) is 1.72. The normalized spacial score (nSPS) is 10.9. The summed E-state index contributed by atoms with van der Waals surface area (Å²) in [7, 11) is 0. The summed E-state index contributed by atoms with van der Waals surface area (Å²) in [6.45, 7) is 5.01. The van der Waals surface area contributed by atoms with Gasteiger partial charge in [-0.1, -0.05) is 37.6 Å². The molecule has 0 bridgehead atoms. The van der Waals surface area contributed by atoms with Gasteiger partial charge >= 0.3 is 0 Å². The zero-order valence-corrected chi connectivity index (χ0v) is 12.0. The molecule has 0 saturated heterocycles. The first kappa shape index (κ1) is 14.0. The Kier molecular flexibility index (Phi) is 4.88. The van der Waals surface area contributed by atoms with Gasteiger partial charge in [0.1, 0.15) is 5.82 Å². The maximum absolute atomic E-state index is 5.87. The molecule has 2 rings (SSSR count). The summed E-state index contributed by atoms with van der Waals surface area (Å²) in [5, 5.41) is 4.10. The molecule has 100 valence electrons. The van der Waals surface area contributed by atoms with Crippen LogP contribution in [0.3, 0.4) is 0 Å². The monoisotopic (exact) mass is 275 g/mol. The fourth-order valence-corrected chi connectivity index (χ4v) is 1.84. The second kappa shape index (κ2) is 6.64. The molecule has 0 aliphatic heterocycles. The molecule has 0 radical (unpaired) electrons. The van der Waals surface area contributed by atoms with Crippen molar-refractivity contribution < 1.29 is 0 Å². The molecule has 0 atom stereocenters. The van der Waals surface area contributed by atoms with Gasteiger partial charge in [0.2, 0.25) is 0 Å². The Morgan fingerprint density at radius 3 is 2.58 bits per heavy atom. The number of rotatable bonds is 5. The maximum atomic E-state index is 5.87. The number of hydrogen-bond acceptors (Lipinski definition) is 3. The number of benzene rings is 1. The van der Waals surface area contributed by atoms with E-state index in [0.29, 0.717) is 6.04 Å². The van der Waals surface area contributed by atoms with Crippen LogP contribution in [0.4, 0.5) is 0 Å². The highest BCUT2D eigenvalue weighted by Gasteiger charge is 2.02. The van der Waals surface area contributed by atoms with E-state index in [2.05, 4.69) is 29.1 Å². The first-order chi connectivity index (χ1) is 9.13. The third-order valence-corrected chi connectivity index (χ3v) is 2.98. The summed E-state index contributed by atoms with van der Waals surface area (Å²) in [5.41, 5.74) is 2.19. The van der Waals surface area contributed by atoms with Crippen molar-refractivity contribution in [1.29, 1.82) is 0 Å². The minimum Gasteiger partial charge on any atom is -0.309 e. The zero-order valence-electron chi connectivity index (χ0n) is 11.2. The topological polar surface area (TPSA) is 37.8 Å². The molecule has 2 aromatic rings. The van der Waals surface area contributed by atoms with Crippen molar-refractivity contribution >= 4 is 11.6 Å². The molecule has 1 N–H and O–H groups in total. The van der Waals surface area contributed by atoms with Gasteiger partial charge in [-0.05, 0) is 23.8 Å². The van der Waals surface area contributed by atoms with Gasteiger partial charge in [0, 0.05) is 30.2 Å². The first-order valence-electron chi connectivity index (χ1n) is 6.42. The number of aromatic nitrogens is 2. The smallest absolute Gasteiger partial charge is 0.132 e. The van der Waals surface area contributed by atoms with Crippen LogP contribution in [0.2, 0.25) is 5.02 Å². The molecule has 0 amide bonds. The second-order valence-electron chi connectivity index (χ2n) is 4.80. The van der Waals surface area contributed by atoms with Crippen molar-refractivity contribution in [2.75, 3.05) is 0 Å². The second-order valence-corrected chi connectivity index (χ2v) is 5.24. The molecule has 0 aliphatic rings. The Labute approximate surface area is 119 Å². The summed E-state index contributed by atoms with van der Waals surface area (Å²) in [4.78, 5) is 8.87. The minimum atomic E-state index is 0.453. The van der Waals surface area contributed by atoms with Crippen molar-refractivity contribution in [2.24, 2.45) is 0 Å². The lowest BCUT2D eigenvalue weighted by Gasteiger charge is -2.08. The van der Waals surface area contributed by atoms with Crippen LogP contribution < -0.4 is 5.32 Å². The Balaban J connectivity index is 2.04. The molecule has 0 unspecified atom stereocenters. The molecule has 1 aromatic heterocycles. The molecular formula is C15H18ClN3. The van der Waals surface area contributed by atoms with Crippen molar-refractivity contribution in [1.82, 2.24) is 15.3 Å². The Morgan fingerprint density at radius 2 is 1.89 bits per heavy atom. The quantitative estimate of drug-likeness (QED) is 0.910. The summed E-state index contributed by atoms with van der Waals surface area (Å²) in [5.74, 6) is 0.838. The Hall–Kier alpha value is -1.45. The molecule has 19 heavy (non-hydrogen) atoms. The number of nitrogens with zero attached hydrogens (tertiary/aromatic N) is 2. The van der Waals surface area contributed by atoms with E-state index in [4.69, 9.17) is 11.6 Å². The highest BCUT2D eigenvalue weighted by molar-refractivity contribution is 6.30. The van der Waals surface area contributed by atoms with Gasteiger partial charge in [-0.15, -0.1) is 0 Å². The predicted molar refractivity (Wildman–Crippen MR) is 78.3 cm³/mol. The summed E-state index contributed by atoms with van der Waals surface area (Å²) in [6.07, 6.45) is 2.54. The molecule has 1 aromatic carbocycles. The summed E-state index contributed by atoms with van der Waals surface area (Å²) in [6, 6.07) is 10.2. The van der Waals surface area contributed by atoms with Crippen LogP contribution in [-0.2, 0) is 13.0 Å². The van der Waals surface area contributed by atoms with Gasteiger partial charge in [0.15, 0.2) is 0 Å². The average molecular weight is 276 g/mol. The van der Waals surface area contributed by atoms with Crippen molar-refractivity contribution in [3.8, 4) is 0 Å². The largest absolute Gasteiger partial charge is 0.309 e. The third kappa shape index (κ3) is 4.62. The predicted octanol–water partition coefficient (Wildman–Crippen LogP) is 3.22. The molecule has 0 aliphatic carbocycles. The van der Waals surface area contributed by atoms with Crippen molar-refractivity contribution in [3.63, 3.8) is 0 Å². The number of nitrogens with one attached hydrogen (secondary N) is 1. The van der Waals surface area contributed by atoms with Crippen LogP contribution in [-0.4, -0.2) is 16.0 Å². The maximum Gasteiger partial charge on any atom is 0.132 e. The average Bonchev–Trinajstić information content (AvgIpc) is 2.40. The van der Waals surface area contributed by atoms with Crippen LogP contribution in [0.1, 0.15) is 30.9 Å². The zero-order chi connectivity index (χ0) is 13.7. The third-order valence-electron chi connectivity index (χ3n) is 2.73. The lowest BCUT2D eigenvalue weighted by Crippen LogP contribution is -2.22. The van der Waals surface area contributed by atoms with Crippen molar-refractivity contribution in [2.45, 2.75) is 32.9 Å². The van der Waals surface area contributed by atoms with E-state index in [9.17, 15) is 0 Å². The van der Waals surface area contributed by atoms with E-state index < -0.39 is 0 Å². The highest BCUT2D eigenvalue weighted by Crippen LogP contribution is 2.12. The van der Waals surface area contributed by atoms with Crippen LogP contribution in [0, 0.1) is 0 Å². The van der Waals surface area contributed by atoms with E-state index in [0.717, 1.165) is 29.5 Å². The molecule has 4 heteroatoms. The van der Waals surface area contributed by atoms with Crippen LogP contribution in [0.5, 0.6) is 0 Å². The SMILES string of the molecule is CC(C)NCc1ccnc(Cc2ccc(Cl)cc2)n1. The van der Waals surface area contributed by atoms with E-state index in [1.807, 2.05) is 36.5 Å². The lowest BCUT2D eigenvalue weighted by molar-refractivity contribution is 0.579. The van der Waals surface area contributed by atoms with E-state index in [-0.39, 0.29) is 0 Å². The van der Waals surface area contributed by atoms with Crippen LogP contribution in [0.25, 0.3) is 0 Å². The number of halogens is 1. The Morgan fingerprint density at radius 1 is 1.16 bits per heavy atom.